The number of rotatable bonds is 1. The van der Waals surface area contributed by atoms with Crippen molar-refractivity contribution in [3.05, 3.63) is 70.4 Å². The van der Waals surface area contributed by atoms with Gasteiger partial charge in [0.25, 0.3) is 0 Å². The van der Waals surface area contributed by atoms with E-state index in [0.717, 1.165) is 18.1 Å². The molecule has 1 atom stereocenters. The second kappa shape index (κ2) is 4.90. The van der Waals surface area contributed by atoms with Crippen LogP contribution in [0.15, 0.2) is 48.5 Å². The Bertz CT molecular complexity index is 819. The SMILES string of the molecule is Cc1c2n(c3ccccc13)CCNC2c1cccc(Cl)c1. The minimum absolute atomic E-state index is 0.213. The van der Waals surface area contributed by atoms with Gasteiger partial charge in [-0.05, 0) is 36.2 Å². The Morgan fingerprint density at radius 3 is 2.86 bits per heavy atom. The zero-order valence-electron chi connectivity index (χ0n) is 11.9. The number of para-hydroxylation sites is 1. The monoisotopic (exact) mass is 296 g/mol. The molecule has 2 aromatic carbocycles. The molecule has 2 heterocycles. The molecule has 0 amide bonds. The van der Waals surface area contributed by atoms with Gasteiger partial charge in [0.05, 0.1) is 6.04 Å². The molecule has 3 aromatic rings. The van der Waals surface area contributed by atoms with Gasteiger partial charge in [-0.1, -0.05) is 41.9 Å². The number of fused-ring (bicyclic) bond motifs is 3. The van der Waals surface area contributed by atoms with Crippen molar-refractivity contribution in [1.29, 1.82) is 0 Å². The Kier molecular flexibility index (Phi) is 3.02. The molecule has 1 aromatic heterocycles. The van der Waals surface area contributed by atoms with E-state index in [1.54, 1.807) is 0 Å². The minimum atomic E-state index is 0.213. The van der Waals surface area contributed by atoms with Crippen molar-refractivity contribution in [2.75, 3.05) is 6.54 Å². The van der Waals surface area contributed by atoms with E-state index in [-0.39, 0.29) is 6.04 Å². The van der Waals surface area contributed by atoms with Gasteiger partial charge in [0.15, 0.2) is 0 Å². The van der Waals surface area contributed by atoms with Gasteiger partial charge in [0.2, 0.25) is 0 Å². The van der Waals surface area contributed by atoms with Crippen LogP contribution in [-0.4, -0.2) is 11.1 Å². The van der Waals surface area contributed by atoms with Gasteiger partial charge in [-0.2, -0.15) is 0 Å². The van der Waals surface area contributed by atoms with Crippen LogP contribution in [0.5, 0.6) is 0 Å². The zero-order chi connectivity index (χ0) is 14.4. The van der Waals surface area contributed by atoms with Gasteiger partial charge >= 0.3 is 0 Å². The van der Waals surface area contributed by atoms with Gasteiger partial charge in [-0.15, -0.1) is 0 Å². The lowest BCUT2D eigenvalue weighted by molar-refractivity contribution is 0.473. The third-order valence-corrected chi connectivity index (χ3v) is 4.65. The molecule has 21 heavy (non-hydrogen) atoms. The summed E-state index contributed by atoms with van der Waals surface area (Å²) in [4.78, 5) is 0. The summed E-state index contributed by atoms with van der Waals surface area (Å²) in [5.74, 6) is 0. The van der Waals surface area contributed by atoms with Crippen molar-refractivity contribution < 1.29 is 0 Å². The number of halogens is 1. The summed E-state index contributed by atoms with van der Waals surface area (Å²) in [5, 5.41) is 5.78. The van der Waals surface area contributed by atoms with Crippen LogP contribution in [-0.2, 0) is 6.54 Å². The average Bonchev–Trinajstić information content (AvgIpc) is 2.81. The summed E-state index contributed by atoms with van der Waals surface area (Å²) < 4.78 is 2.45. The van der Waals surface area contributed by atoms with Gasteiger partial charge < -0.3 is 9.88 Å². The summed E-state index contributed by atoms with van der Waals surface area (Å²) in [6, 6.07) is 17.0. The van der Waals surface area contributed by atoms with Crippen molar-refractivity contribution in [2.45, 2.75) is 19.5 Å². The number of aromatic nitrogens is 1. The van der Waals surface area contributed by atoms with Crippen LogP contribution in [0.4, 0.5) is 0 Å². The topological polar surface area (TPSA) is 17.0 Å². The molecular formula is C18H17ClN2. The Morgan fingerprint density at radius 2 is 2.00 bits per heavy atom. The molecule has 106 valence electrons. The summed E-state index contributed by atoms with van der Waals surface area (Å²) in [6.07, 6.45) is 0. The Morgan fingerprint density at radius 1 is 1.14 bits per heavy atom. The van der Waals surface area contributed by atoms with Crippen LogP contribution in [0.3, 0.4) is 0 Å². The van der Waals surface area contributed by atoms with E-state index < -0.39 is 0 Å². The fourth-order valence-corrected chi connectivity index (χ4v) is 3.69. The van der Waals surface area contributed by atoms with Crippen LogP contribution >= 0.6 is 11.6 Å². The average molecular weight is 297 g/mol. The molecule has 0 spiro atoms. The normalized spacial score (nSPS) is 17.9. The molecule has 0 bridgehead atoms. The maximum atomic E-state index is 6.18. The Labute approximate surface area is 129 Å². The standard InChI is InChI=1S/C18H17ClN2/c1-12-15-7-2-3-8-16(15)21-10-9-20-17(18(12)21)13-5-4-6-14(19)11-13/h2-8,11,17,20H,9-10H2,1H3. The molecule has 4 rings (SSSR count). The number of benzene rings is 2. The first-order chi connectivity index (χ1) is 10.3. The number of nitrogens with zero attached hydrogens (tertiary/aromatic N) is 1. The fraction of sp³-hybridized carbons (Fsp3) is 0.222. The van der Waals surface area contributed by atoms with E-state index in [2.05, 4.69) is 53.2 Å². The Balaban J connectivity index is 1.96. The highest BCUT2D eigenvalue weighted by atomic mass is 35.5. The van der Waals surface area contributed by atoms with E-state index in [1.165, 1.54) is 27.7 Å². The van der Waals surface area contributed by atoms with Gasteiger partial charge in [-0.3, -0.25) is 0 Å². The second-order valence-corrected chi connectivity index (χ2v) is 6.06. The summed E-state index contributed by atoms with van der Waals surface area (Å²) in [6.45, 7) is 4.21. The van der Waals surface area contributed by atoms with E-state index in [1.807, 2.05) is 12.1 Å². The fourth-order valence-electron chi connectivity index (χ4n) is 3.49. The molecule has 0 aliphatic carbocycles. The van der Waals surface area contributed by atoms with E-state index in [4.69, 9.17) is 11.6 Å². The molecule has 0 saturated heterocycles. The number of hydrogen-bond acceptors (Lipinski definition) is 1. The van der Waals surface area contributed by atoms with Crippen molar-refractivity contribution in [2.24, 2.45) is 0 Å². The minimum Gasteiger partial charge on any atom is -0.341 e. The summed E-state index contributed by atoms with van der Waals surface area (Å²) in [5.41, 5.74) is 5.29. The molecule has 0 saturated carbocycles. The van der Waals surface area contributed by atoms with E-state index >= 15 is 0 Å². The highest BCUT2D eigenvalue weighted by molar-refractivity contribution is 6.30. The third kappa shape index (κ3) is 1.98. The predicted octanol–water partition coefficient (Wildman–Crippen LogP) is 4.30. The van der Waals surface area contributed by atoms with E-state index in [0.29, 0.717) is 0 Å². The first-order valence-electron chi connectivity index (χ1n) is 7.32. The summed E-state index contributed by atoms with van der Waals surface area (Å²) >= 11 is 6.18. The van der Waals surface area contributed by atoms with Crippen LogP contribution in [0.25, 0.3) is 10.9 Å². The molecule has 3 heteroatoms. The lowest BCUT2D eigenvalue weighted by Crippen LogP contribution is -2.34. The largest absolute Gasteiger partial charge is 0.341 e. The lowest BCUT2D eigenvalue weighted by Gasteiger charge is -2.28. The van der Waals surface area contributed by atoms with E-state index in [9.17, 15) is 0 Å². The molecule has 0 fully saturated rings. The zero-order valence-corrected chi connectivity index (χ0v) is 12.7. The maximum Gasteiger partial charge on any atom is 0.0735 e. The Hall–Kier alpha value is -1.77. The molecule has 2 nitrogen and oxygen atoms in total. The molecule has 1 N–H and O–H groups in total. The predicted molar refractivity (Wildman–Crippen MR) is 88.0 cm³/mol. The van der Waals surface area contributed by atoms with Crippen molar-refractivity contribution in [1.82, 2.24) is 9.88 Å². The molecular weight excluding hydrogens is 280 g/mol. The molecule has 0 radical (unpaired) electrons. The maximum absolute atomic E-state index is 6.18. The highest BCUT2D eigenvalue weighted by Crippen LogP contribution is 2.35. The highest BCUT2D eigenvalue weighted by Gasteiger charge is 2.26. The van der Waals surface area contributed by atoms with Crippen LogP contribution in [0, 0.1) is 6.92 Å². The third-order valence-electron chi connectivity index (χ3n) is 4.41. The van der Waals surface area contributed by atoms with Crippen LogP contribution in [0.2, 0.25) is 5.02 Å². The quantitative estimate of drug-likeness (QED) is 0.708. The summed E-state index contributed by atoms with van der Waals surface area (Å²) in [7, 11) is 0. The molecule has 1 unspecified atom stereocenters. The number of nitrogens with one attached hydrogen (secondary N) is 1. The first-order valence-corrected chi connectivity index (χ1v) is 7.70. The lowest BCUT2D eigenvalue weighted by atomic mass is 9.99. The van der Waals surface area contributed by atoms with Gasteiger partial charge in [0.1, 0.15) is 0 Å². The van der Waals surface area contributed by atoms with Crippen molar-refractivity contribution in [3.8, 4) is 0 Å². The molecule has 1 aliphatic heterocycles. The van der Waals surface area contributed by atoms with Crippen molar-refractivity contribution >= 4 is 22.5 Å². The van der Waals surface area contributed by atoms with Crippen LogP contribution < -0.4 is 5.32 Å². The van der Waals surface area contributed by atoms with Gasteiger partial charge in [0, 0.05) is 34.7 Å². The van der Waals surface area contributed by atoms with Gasteiger partial charge in [-0.25, -0.2) is 0 Å². The number of aryl methyl sites for hydroxylation is 1. The molecule has 1 aliphatic rings. The van der Waals surface area contributed by atoms with Crippen LogP contribution in [0.1, 0.15) is 22.9 Å². The smallest absolute Gasteiger partial charge is 0.0735 e. The van der Waals surface area contributed by atoms with Crippen molar-refractivity contribution in [3.63, 3.8) is 0 Å². The second-order valence-electron chi connectivity index (χ2n) is 5.62. The first kappa shape index (κ1) is 12.9. The number of hydrogen-bond donors (Lipinski definition) is 1.